The summed E-state index contributed by atoms with van der Waals surface area (Å²) in [5.41, 5.74) is 3.33. The standard InChI is InChI=1S/C17H14F3N3O2S/c1-25-15(24)9-2-3-12-10(6-9)11-8-23(5-4-13(11)22-12)16-21-7-14(26-16)17(18,19)20/h2-3,6-7,22H,4-5,8H2,1H3. The smallest absolute Gasteiger partial charge is 0.427 e. The number of nitrogens with zero attached hydrogens (tertiary/aromatic N) is 2. The predicted octanol–water partition coefficient (Wildman–Crippen LogP) is 3.99. The van der Waals surface area contributed by atoms with Crippen molar-refractivity contribution < 1.29 is 22.7 Å². The molecular formula is C17H14F3N3O2S. The van der Waals surface area contributed by atoms with Gasteiger partial charge in [0.05, 0.1) is 18.9 Å². The number of esters is 1. The van der Waals surface area contributed by atoms with Gasteiger partial charge in [0.2, 0.25) is 0 Å². The molecule has 1 aliphatic rings. The molecule has 0 saturated carbocycles. The number of carbonyl (C=O) groups excluding carboxylic acids is 1. The van der Waals surface area contributed by atoms with Crippen LogP contribution in [-0.4, -0.2) is 29.6 Å². The summed E-state index contributed by atoms with van der Waals surface area (Å²) in [6.07, 6.45) is -2.84. The zero-order valence-corrected chi connectivity index (χ0v) is 14.5. The number of carbonyl (C=O) groups is 1. The van der Waals surface area contributed by atoms with Crippen LogP contribution in [0, 0.1) is 0 Å². The van der Waals surface area contributed by atoms with Crippen LogP contribution in [0.4, 0.5) is 18.3 Å². The molecule has 0 bridgehead atoms. The number of aromatic nitrogens is 2. The molecule has 2 aromatic heterocycles. The normalized spacial score (nSPS) is 14.5. The van der Waals surface area contributed by atoms with Crippen LogP contribution in [0.25, 0.3) is 10.9 Å². The number of methoxy groups -OCH3 is 1. The summed E-state index contributed by atoms with van der Waals surface area (Å²) in [6, 6.07) is 5.25. The molecule has 4 rings (SSSR count). The number of hydrogen-bond donors (Lipinski definition) is 1. The van der Waals surface area contributed by atoms with E-state index in [0.717, 1.165) is 28.4 Å². The Kier molecular flexibility index (Phi) is 3.91. The quantitative estimate of drug-likeness (QED) is 0.682. The van der Waals surface area contributed by atoms with Crippen molar-refractivity contribution in [2.75, 3.05) is 18.6 Å². The molecule has 0 aliphatic carbocycles. The van der Waals surface area contributed by atoms with Gasteiger partial charge in [0.1, 0.15) is 4.88 Å². The summed E-state index contributed by atoms with van der Waals surface area (Å²) in [6.45, 7) is 1.01. The fourth-order valence-corrected chi connectivity index (χ4v) is 3.97. The Bertz CT molecular complexity index is 993. The number of H-pyrrole nitrogens is 1. The minimum absolute atomic E-state index is 0.349. The lowest BCUT2D eigenvalue weighted by atomic mass is 10.0. The van der Waals surface area contributed by atoms with E-state index in [9.17, 15) is 18.0 Å². The minimum atomic E-state index is -4.38. The van der Waals surface area contributed by atoms with Gasteiger partial charge in [0.25, 0.3) is 0 Å². The molecule has 0 fully saturated rings. The second-order valence-corrected chi connectivity index (χ2v) is 7.02. The van der Waals surface area contributed by atoms with Gasteiger partial charge in [-0.15, -0.1) is 0 Å². The monoisotopic (exact) mass is 381 g/mol. The maximum absolute atomic E-state index is 12.8. The maximum atomic E-state index is 12.8. The van der Waals surface area contributed by atoms with Crippen LogP contribution in [0.2, 0.25) is 0 Å². The first-order valence-electron chi connectivity index (χ1n) is 7.86. The van der Waals surface area contributed by atoms with E-state index >= 15 is 0 Å². The average molecular weight is 381 g/mol. The first kappa shape index (κ1) is 16.9. The highest BCUT2D eigenvalue weighted by atomic mass is 32.1. The van der Waals surface area contributed by atoms with Crippen molar-refractivity contribution in [3.8, 4) is 0 Å². The van der Waals surface area contributed by atoms with Crippen LogP contribution in [0.1, 0.15) is 26.5 Å². The highest BCUT2D eigenvalue weighted by molar-refractivity contribution is 7.15. The SMILES string of the molecule is COC(=O)c1ccc2[nH]c3c(c2c1)CN(c1ncc(C(F)(F)F)s1)CC3. The third-order valence-corrected chi connectivity index (χ3v) is 5.54. The van der Waals surface area contributed by atoms with Gasteiger partial charge in [-0.2, -0.15) is 13.2 Å². The van der Waals surface area contributed by atoms with Crippen molar-refractivity contribution in [3.05, 3.63) is 46.1 Å². The van der Waals surface area contributed by atoms with Crippen LogP contribution in [0.5, 0.6) is 0 Å². The number of alkyl halides is 3. The van der Waals surface area contributed by atoms with Gasteiger partial charge in [-0.25, -0.2) is 9.78 Å². The van der Waals surface area contributed by atoms with E-state index in [1.165, 1.54) is 7.11 Å². The number of rotatable bonds is 2. The number of halogens is 3. The third-order valence-electron chi connectivity index (χ3n) is 4.44. The largest absolute Gasteiger partial charge is 0.465 e. The molecule has 0 spiro atoms. The van der Waals surface area contributed by atoms with Crippen molar-refractivity contribution in [1.82, 2.24) is 9.97 Å². The lowest BCUT2D eigenvalue weighted by Gasteiger charge is -2.26. The maximum Gasteiger partial charge on any atom is 0.427 e. The van der Waals surface area contributed by atoms with Crippen LogP contribution in [0.3, 0.4) is 0 Å². The Hall–Kier alpha value is -2.55. The van der Waals surface area contributed by atoms with E-state index in [-0.39, 0.29) is 0 Å². The molecule has 1 aliphatic heterocycles. The van der Waals surface area contributed by atoms with Crippen LogP contribution in [-0.2, 0) is 23.9 Å². The summed E-state index contributed by atoms with van der Waals surface area (Å²) >= 11 is 0.646. The second-order valence-electron chi connectivity index (χ2n) is 6.01. The van der Waals surface area contributed by atoms with E-state index < -0.39 is 17.0 Å². The number of anilines is 1. The fourth-order valence-electron chi connectivity index (χ4n) is 3.16. The summed E-state index contributed by atoms with van der Waals surface area (Å²) < 4.78 is 43.2. The summed E-state index contributed by atoms with van der Waals surface area (Å²) in [5, 5.41) is 1.22. The number of thiazole rings is 1. The topological polar surface area (TPSA) is 58.2 Å². The van der Waals surface area contributed by atoms with Crippen molar-refractivity contribution in [1.29, 1.82) is 0 Å². The number of ether oxygens (including phenoxy) is 1. The van der Waals surface area contributed by atoms with Crippen LogP contribution >= 0.6 is 11.3 Å². The lowest BCUT2D eigenvalue weighted by molar-refractivity contribution is -0.134. The van der Waals surface area contributed by atoms with E-state index in [4.69, 9.17) is 4.74 Å². The third kappa shape index (κ3) is 2.82. The Morgan fingerprint density at radius 2 is 2.19 bits per heavy atom. The number of nitrogens with one attached hydrogen (secondary N) is 1. The zero-order chi connectivity index (χ0) is 18.5. The number of benzene rings is 1. The van der Waals surface area contributed by atoms with Crippen molar-refractivity contribution in [2.45, 2.75) is 19.1 Å². The van der Waals surface area contributed by atoms with Crippen molar-refractivity contribution in [2.24, 2.45) is 0 Å². The van der Waals surface area contributed by atoms with Crippen molar-refractivity contribution >= 4 is 33.3 Å². The lowest BCUT2D eigenvalue weighted by Crippen LogP contribution is -2.29. The van der Waals surface area contributed by atoms with Gasteiger partial charge in [-0.1, -0.05) is 11.3 Å². The molecule has 26 heavy (non-hydrogen) atoms. The molecule has 9 heteroatoms. The Balaban J connectivity index is 1.69. The molecule has 5 nitrogen and oxygen atoms in total. The molecule has 3 heterocycles. The Morgan fingerprint density at radius 1 is 1.38 bits per heavy atom. The molecule has 0 unspecified atom stereocenters. The fraction of sp³-hybridized carbons (Fsp3) is 0.294. The van der Waals surface area contributed by atoms with E-state index in [1.54, 1.807) is 12.1 Å². The molecule has 0 amide bonds. The van der Waals surface area contributed by atoms with E-state index in [0.29, 0.717) is 41.5 Å². The highest BCUT2D eigenvalue weighted by Gasteiger charge is 2.34. The molecule has 136 valence electrons. The summed E-state index contributed by atoms with van der Waals surface area (Å²) in [7, 11) is 1.32. The minimum Gasteiger partial charge on any atom is -0.465 e. The molecule has 0 atom stereocenters. The first-order valence-corrected chi connectivity index (χ1v) is 8.68. The van der Waals surface area contributed by atoms with Crippen molar-refractivity contribution in [3.63, 3.8) is 0 Å². The molecular weight excluding hydrogens is 367 g/mol. The number of hydrogen-bond acceptors (Lipinski definition) is 5. The summed E-state index contributed by atoms with van der Waals surface area (Å²) in [5.74, 6) is -0.427. The van der Waals surface area contributed by atoms with Gasteiger partial charge < -0.3 is 14.6 Å². The predicted molar refractivity (Wildman–Crippen MR) is 91.5 cm³/mol. The molecule has 1 N–H and O–H groups in total. The molecule has 0 radical (unpaired) electrons. The number of fused-ring (bicyclic) bond motifs is 3. The molecule has 0 saturated heterocycles. The number of aromatic amines is 1. The highest BCUT2D eigenvalue weighted by Crippen LogP contribution is 2.38. The zero-order valence-electron chi connectivity index (χ0n) is 13.7. The summed E-state index contributed by atoms with van der Waals surface area (Å²) in [4.78, 5) is 20.2. The first-order chi connectivity index (χ1) is 12.4. The van der Waals surface area contributed by atoms with Crippen LogP contribution < -0.4 is 4.90 Å². The van der Waals surface area contributed by atoms with Gasteiger partial charge in [0, 0.05) is 41.7 Å². The molecule has 1 aromatic carbocycles. The van der Waals surface area contributed by atoms with E-state index in [2.05, 4.69) is 9.97 Å². The Morgan fingerprint density at radius 3 is 2.88 bits per heavy atom. The van der Waals surface area contributed by atoms with Gasteiger partial charge in [0.15, 0.2) is 5.13 Å². The van der Waals surface area contributed by atoms with Crippen LogP contribution in [0.15, 0.2) is 24.4 Å². The Labute approximate surface area is 150 Å². The molecule has 3 aromatic rings. The average Bonchev–Trinajstić information content (AvgIpc) is 3.24. The van der Waals surface area contributed by atoms with Gasteiger partial charge in [-0.05, 0) is 18.2 Å². The van der Waals surface area contributed by atoms with Gasteiger partial charge in [-0.3, -0.25) is 0 Å². The second kappa shape index (κ2) is 6.01. The van der Waals surface area contributed by atoms with E-state index in [1.807, 2.05) is 11.0 Å². The van der Waals surface area contributed by atoms with Gasteiger partial charge >= 0.3 is 12.1 Å².